The molecule has 12 heavy (non-hydrogen) atoms. The third kappa shape index (κ3) is 6.08. The van der Waals surface area contributed by atoms with Gasteiger partial charge in [0.25, 0.3) is 0 Å². The van der Waals surface area contributed by atoms with Crippen LogP contribution in [0.25, 0.3) is 0 Å². The second kappa shape index (κ2) is 5.92. The molecule has 0 aliphatic rings. The van der Waals surface area contributed by atoms with Gasteiger partial charge in [-0.05, 0) is 27.2 Å². The quantitative estimate of drug-likeness (QED) is 0.582. The third-order valence-corrected chi connectivity index (χ3v) is 1.43. The van der Waals surface area contributed by atoms with Gasteiger partial charge in [0.2, 0.25) is 0 Å². The number of nitrogens with zero attached hydrogens (tertiary/aromatic N) is 1. The summed E-state index contributed by atoms with van der Waals surface area (Å²) in [6.45, 7) is 7.80. The van der Waals surface area contributed by atoms with Gasteiger partial charge in [0, 0.05) is 18.2 Å². The summed E-state index contributed by atoms with van der Waals surface area (Å²) in [5.41, 5.74) is 1.06. The minimum absolute atomic E-state index is 0.211. The van der Waals surface area contributed by atoms with Crippen LogP contribution in [0.15, 0.2) is 4.99 Å². The molecule has 0 heterocycles. The van der Waals surface area contributed by atoms with E-state index in [-0.39, 0.29) is 5.78 Å². The fourth-order valence-corrected chi connectivity index (χ4v) is 1.14. The standard InChI is InChI=1S/C10H19NO/c1-5-6-10(7-9(4)12)11-8(2)3/h8H,5-7H2,1-4H3/b11-10+. The molecule has 2 nitrogen and oxygen atoms in total. The highest BCUT2D eigenvalue weighted by atomic mass is 16.1. The number of hydrogen-bond donors (Lipinski definition) is 0. The highest BCUT2D eigenvalue weighted by Gasteiger charge is 2.02. The van der Waals surface area contributed by atoms with E-state index in [0.29, 0.717) is 12.5 Å². The Hall–Kier alpha value is -0.660. The van der Waals surface area contributed by atoms with Gasteiger partial charge in [-0.25, -0.2) is 0 Å². The molecule has 0 aliphatic carbocycles. The lowest BCUT2D eigenvalue weighted by Gasteiger charge is -2.04. The Bertz CT molecular complexity index is 171. The van der Waals surface area contributed by atoms with Gasteiger partial charge in [0.1, 0.15) is 5.78 Å². The highest BCUT2D eigenvalue weighted by Crippen LogP contribution is 2.01. The van der Waals surface area contributed by atoms with Crippen LogP contribution in [0.4, 0.5) is 0 Å². The van der Waals surface area contributed by atoms with E-state index in [4.69, 9.17) is 0 Å². The molecule has 0 aromatic rings. The number of Topliss-reactive ketones (excluding diaryl/α,β-unsaturated/α-hetero) is 1. The van der Waals surface area contributed by atoms with Gasteiger partial charge in [0.05, 0.1) is 0 Å². The van der Waals surface area contributed by atoms with Crippen LogP contribution >= 0.6 is 0 Å². The highest BCUT2D eigenvalue weighted by molar-refractivity contribution is 6.01. The lowest BCUT2D eigenvalue weighted by molar-refractivity contribution is -0.115. The van der Waals surface area contributed by atoms with Crippen LogP contribution in [0.3, 0.4) is 0 Å². The van der Waals surface area contributed by atoms with Gasteiger partial charge in [-0.3, -0.25) is 9.79 Å². The molecule has 0 aliphatic heterocycles. The predicted octanol–water partition coefficient (Wildman–Crippen LogP) is 2.62. The van der Waals surface area contributed by atoms with Crippen LogP contribution in [-0.4, -0.2) is 17.5 Å². The zero-order valence-electron chi connectivity index (χ0n) is 8.55. The molecular formula is C10H19NO. The molecule has 0 amide bonds. The maximum atomic E-state index is 10.8. The Morgan fingerprint density at radius 2 is 2.00 bits per heavy atom. The summed E-state index contributed by atoms with van der Waals surface area (Å²) in [7, 11) is 0. The van der Waals surface area contributed by atoms with Crippen LogP contribution in [-0.2, 0) is 4.79 Å². The van der Waals surface area contributed by atoms with Crippen LogP contribution in [0.2, 0.25) is 0 Å². The lowest BCUT2D eigenvalue weighted by Crippen LogP contribution is -2.07. The zero-order valence-corrected chi connectivity index (χ0v) is 8.55. The monoisotopic (exact) mass is 169 g/mol. The summed E-state index contributed by atoms with van der Waals surface area (Å²) < 4.78 is 0. The van der Waals surface area contributed by atoms with Gasteiger partial charge in [-0.15, -0.1) is 0 Å². The smallest absolute Gasteiger partial charge is 0.135 e. The minimum atomic E-state index is 0.211. The third-order valence-electron chi connectivity index (χ3n) is 1.43. The molecule has 0 unspecified atom stereocenters. The van der Waals surface area contributed by atoms with Crippen molar-refractivity contribution >= 4 is 11.5 Å². The van der Waals surface area contributed by atoms with Crippen LogP contribution < -0.4 is 0 Å². The predicted molar refractivity (Wildman–Crippen MR) is 52.8 cm³/mol. The molecule has 0 spiro atoms. The van der Waals surface area contributed by atoms with E-state index < -0.39 is 0 Å². The second-order valence-electron chi connectivity index (χ2n) is 3.42. The van der Waals surface area contributed by atoms with Crippen LogP contribution in [0.5, 0.6) is 0 Å². The Balaban J connectivity index is 4.12. The number of aliphatic imine (C=N–C) groups is 1. The van der Waals surface area contributed by atoms with Crippen LogP contribution in [0, 0.1) is 0 Å². The Morgan fingerprint density at radius 3 is 2.33 bits per heavy atom. The summed E-state index contributed by atoms with van der Waals surface area (Å²) in [4.78, 5) is 15.2. The van der Waals surface area contributed by atoms with Gasteiger partial charge >= 0.3 is 0 Å². The molecule has 2 heteroatoms. The first-order valence-corrected chi connectivity index (χ1v) is 4.61. The zero-order chi connectivity index (χ0) is 9.56. The molecule has 0 rings (SSSR count). The van der Waals surface area contributed by atoms with E-state index in [9.17, 15) is 4.79 Å². The van der Waals surface area contributed by atoms with Gasteiger partial charge in [-0.2, -0.15) is 0 Å². The van der Waals surface area contributed by atoms with Gasteiger partial charge in [0.15, 0.2) is 0 Å². The summed E-state index contributed by atoms with van der Waals surface area (Å²) >= 11 is 0. The summed E-state index contributed by atoms with van der Waals surface area (Å²) in [6, 6.07) is 0.311. The molecule has 0 bridgehead atoms. The van der Waals surface area contributed by atoms with Crippen molar-refractivity contribution in [3.8, 4) is 0 Å². The van der Waals surface area contributed by atoms with E-state index in [1.54, 1.807) is 6.92 Å². The van der Waals surface area contributed by atoms with Gasteiger partial charge in [-0.1, -0.05) is 13.3 Å². The molecule has 0 N–H and O–H groups in total. The van der Waals surface area contributed by atoms with Gasteiger partial charge < -0.3 is 0 Å². The first kappa shape index (κ1) is 11.3. The fourth-order valence-electron chi connectivity index (χ4n) is 1.14. The van der Waals surface area contributed by atoms with Crippen molar-refractivity contribution in [1.29, 1.82) is 0 Å². The maximum Gasteiger partial charge on any atom is 0.135 e. The number of hydrogen-bond acceptors (Lipinski definition) is 2. The maximum absolute atomic E-state index is 10.8. The average molecular weight is 169 g/mol. The molecule has 0 radical (unpaired) electrons. The van der Waals surface area contributed by atoms with Crippen LogP contribution in [0.1, 0.15) is 47.0 Å². The molecule has 0 aromatic heterocycles. The molecule has 0 saturated carbocycles. The fraction of sp³-hybridized carbons (Fsp3) is 0.800. The Kier molecular flexibility index (Phi) is 5.60. The Labute approximate surface area is 75.1 Å². The SMILES string of the molecule is CCC/C(CC(C)=O)=N\C(C)C. The summed E-state index contributed by atoms with van der Waals surface area (Å²) in [6.07, 6.45) is 2.56. The van der Waals surface area contributed by atoms with Crippen molar-refractivity contribution in [2.75, 3.05) is 0 Å². The van der Waals surface area contributed by atoms with E-state index in [0.717, 1.165) is 18.6 Å². The lowest BCUT2D eigenvalue weighted by atomic mass is 10.1. The van der Waals surface area contributed by atoms with Crippen molar-refractivity contribution in [3.05, 3.63) is 0 Å². The van der Waals surface area contributed by atoms with Crippen molar-refractivity contribution in [1.82, 2.24) is 0 Å². The number of rotatable bonds is 5. The van der Waals surface area contributed by atoms with Crippen molar-refractivity contribution < 1.29 is 4.79 Å². The molecule has 0 saturated heterocycles. The molecule has 0 atom stereocenters. The van der Waals surface area contributed by atoms with E-state index >= 15 is 0 Å². The average Bonchev–Trinajstić information content (AvgIpc) is 1.84. The summed E-state index contributed by atoms with van der Waals surface area (Å²) in [5, 5.41) is 0. The van der Waals surface area contributed by atoms with Crippen molar-refractivity contribution in [2.45, 2.75) is 53.0 Å². The molecule has 0 aromatic carbocycles. The molecule has 0 fully saturated rings. The first-order valence-electron chi connectivity index (χ1n) is 4.61. The normalized spacial score (nSPS) is 12.2. The molecule has 70 valence electrons. The second-order valence-corrected chi connectivity index (χ2v) is 3.42. The van der Waals surface area contributed by atoms with E-state index in [1.807, 2.05) is 13.8 Å². The Morgan fingerprint density at radius 1 is 1.42 bits per heavy atom. The van der Waals surface area contributed by atoms with Crippen molar-refractivity contribution in [3.63, 3.8) is 0 Å². The molecular weight excluding hydrogens is 150 g/mol. The number of ketones is 1. The topological polar surface area (TPSA) is 29.4 Å². The number of carbonyl (C=O) groups is 1. The van der Waals surface area contributed by atoms with Crippen molar-refractivity contribution in [2.24, 2.45) is 4.99 Å². The first-order chi connectivity index (χ1) is 5.56. The van der Waals surface area contributed by atoms with E-state index in [2.05, 4.69) is 11.9 Å². The summed E-state index contributed by atoms with van der Waals surface area (Å²) in [5.74, 6) is 0.211. The minimum Gasteiger partial charge on any atom is -0.300 e. The van der Waals surface area contributed by atoms with E-state index in [1.165, 1.54) is 0 Å². The number of carbonyl (C=O) groups excluding carboxylic acids is 1. The largest absolute Gasteiger partial charge is 0.300 e.